The Morgan fingerprint density at radius 1 is 1.35 bits per heavy atom. The van der Waals surface area contributed by atoms with Crippen molar-refractivity contribution in [1.82, 2.24) is 4.98 Å². The van der Waals surface area contributed by atoms with Gasteiger partial charge in [-0.25, -0.2) is 0 Å². The fourth-order valence-electron chi connectivity index (χ4n) is 3.01. The lowest BCUT2D eigenvalue weighted by molar-refractivity contribution is 0.178. The summed E-state index contributed by atoms with van der Waals surface area (Å²) in [5.74, 6) is 0.556. The number of nitrogens with zero attached hydrogens (tertiary/aromatic N) is 1. The topological polar surface area (TPSA) is 71.2 Å². The van der Waals surface area contributed by atoms with Crippen LogP contribution in [0.1, 0.15) is 25.0 Å². The number of rotatable bonds is 3. The zero-order valence-electron chi connectivity index (χ0n) is 11.8. The molecule has 1 heterocycles. The summed E-state index contributed by atoms with van der Waals surface area (Å²) >= 11 is 0. The molecule has 2 atom stereocenters. The van der Waals surface area contributed by atoms with Crippen LogP contribution >= 0.6 is 0 Å². The molecule has 0 aliphatic heterocycles. The Morgan fingerprint density at radius 3 is 2.95 bits per heavy atom. The van der Waals surface area contributed by atoms with Gasteiger partial charge in [0.1, 0.15) is 0 Å². The van der Waals surface area contributed by atoms with E-state index in [4.69, 9.17) is 5.73 Å². The number of aliphatic hydroxyl groups excluding tert-OH is 1. The van der Waals surface area contributed by atoms with Crippen LogP contribution in [-0.4, -0.2) is 22.7 Å². The number of pyridine rings is 1. The molecule has 1 aromatic carbocycles. The Labute approximate surface area is 119 Å². The summed E-state index contributed by atoms with van der Waals surface area (Å²) < 4.78 is 0. The summed E-state index contributed by atoms with van der Waals surface area (Å²) in [6.45, 7) is 2.89. The highest BCUT2D eigenvalue weighted by molar-refractivity contribution is 6.00. The number of nitrogens with one attached hydrogen (secondary N) is 1. The molecule has 1 saturated carbocycles. The average molecular weight is 271 g/mol. The minimum Gasteiger partial charge on any atom is -0.398 e. The van der Waals surface area contributed by atoms with Crippen LogP contribution in [0, 0.1) is 12.8 Å². The SMILES string of the molecule is Cc1cc2c(NCC3CCC(O)C3)ccc(N)c2cn1. The third-order valence-electron chi connectivity index (χ3n) is 4.17. The zero-order chi connectivity index (χ0) is 14.1. The molecule has 1 aliphatic rings. The maximum Gasteiger partial charge on any atom is 0.0543 e. The molecule has 2 aromatic rings. The van der Waals surface area contributed by atoms with Gasteiger partial charge in [0.2, 0.25) is 0 Å². The second-order valence-electron chi connectivity index (χ2n) is 5.79. The van der Waals surface area contributed by atoms with E-state index in [1.807, 2.05) is 25.3 Å². The van der Waals surface area contributed by atoms with Crippen molar-refractivity contribution in [3.05, 3.63) is 30.1 Å². The van der Waals surface area contributed by atoms with Crippen LogP contribution in [-0.2, 0) is 0 Å². The van der Waals surface area contributed by atoms with Crippen molar-refractivity contribution in [2.75, 3.05) is 17.6 Å². The van der Waals surface area contributed by atoms with Gasteiger partial charge in [-0.2, -0.15) is 0 Å². The summed E-state index contributed by atoms with van der Waals surface area (Å²) in [4.78, 5) is 4.32. The predicted octanol–water partition coefficient (Wildman–Crippen LogP) is 2.70. The summed E-state index contributed by atoms with van der Waals surface area (Å²) in [6.07, 6.45) is 4.65. The maximum absolute atomic E-state index is 9.59. The van der Waals surface area contributed by atoms with Crippen molar-refractivity contribution in [1.29, 1.82) is 0 Å². The molecule has 4 heteroatoms. The highest BCUT2D eigenvalue weighted by atomic mass is 16.3. The smallest absolute Gasteiger partial charge is 0.0543 e. The van der Waals surface area contributed by atoms with Crippen LogP contribution < -0.4 is 11.1 Å². The van der Waals surface area contributed by atoms with Gasteiger partial charge in [-0.3, -0.25) is 4.98 Å². The summed E-state index contributed by atoms with van der Waals surface area (Å²) in [5.41, 5.74) is 8.86. The normalized spacial score (nSPS) is 22.3. The minimum absolute atomic E-state index is 0.114. The number of fused-ring (bicyclic) bond motifs is 1. The molecule has 106 valence electrons. The Hall–Kier alpha value is -1.81. The Kier molecular flexibility index (Phi) is 3.49. The van der Waals surface area contributed by atoms with Crippen LogP contribution in [0.5, 0.6) is 0 Å². The third kappa shape index (κ3) is 2.56. The van der Waals surface area contributed by atoms with E-state index in [2.05, 4.69) is 16.4 Å². The van der Waals surface area contributed by atoms with E-state index in [0.717, 1.165) is 53.6 Å². The predicted molar refractivity (Wildman–Crippen MR) is 82.7 cm³/mol. The number of hydrogen-bond donors (Lipinski definition) is 3. The number of anilines is 2. The lowest BCUT2D eigenvalue weighted by atomic mass is 10.1. The van der Waals surface area contributed by atoms with E-state index in [1.54, 1.807) is 0 Å². The largest absolute Gasteiger partial charge is 0.398 e. The first kappa shape index (κ1) is 13.2. The number of aromatic nitrogens is 1. The molecule has 1 aliphatic carbocycles. The summed E-state index contributed by atoms with van der Waals surface area (Å²) in [6, 6.07) is 6.02. The molecular weight excluding hydrogens is 250 g/mol. The quantitative estimate of drug-likeness (QED) is 0.751. The molecule has 4 N–H and O–H groups in total. The average Bonchev–Trinajstić information content (AvgIpc) is 2.84. The van der Waals surface area contributed by atoms with Crippen molar-refractivity contribution in [2.45, 2.75) is 32.3 Å². The van der Waals surface area contributed by atoms with Gasteiger partial charge in [0.05, 0.1) is 6.10 Å². The Morgan fingerprint density at radius 2 is 2.20 bits per heavy atom. The molecule has 1 fully saturated rings. The molecule has 20 heavy (non-hydrogen) atoms. The van der Waals surface area contributed by atoms with Gasteiger partial charge in [-0.15, -0.1) is 0 Å². The highest BCUT2D eigenvalue weighted by Gasteiger charge is 2.22. The Bertz CT molecular complexity index is 626. The lowest BCUT2D eigenvalue weighted by Gasteiger charge is -2.15. The standard InChI is InChI=1S/C16H21N3O/c1-10-6-13-14(9-18-10)15(17)4-5-16(13)19-8-11-2-3-12(20)7-11/h4-6,9,11-12,19-20H,2-3,7-8,17H2,1H3. The molecule has 0 amide bonds. The molecule has 0 bridgehead atoms. The van der Waals surface area contributed by atoms with E-state index >= 15 is 0 Å². The first-order valence-corrected chi connectivity index (χ1v) is 7.20. The van der Waals surface area contributed by atoms with Crippen LogP contribution in [0.4, 0.5) is 11.4 Å². The molecule has 4 nitrogen and oxygen atoms in total. The second-order valence-corrected chi connectivity index (χ2v) is 5.79. The Balaban J connectivity index is 1.84. The van der Waals surface area contributed by atoms with E-state index in [1.165, 1.54) is 0 Å². The van der Waals surface area contributed by atoms with Crippen molar-refractivity contribution in [3.8, 4) is 0 Å². The van der Waals surface area contributed by atoms with Crippen LogP contribution in [0.15, 0.2) is 24.4 Å². The number of benzene rings is 1. The minimum atomic E-state index is -0.114. The van der Waals surface area contributed by atoms with Gasteiger partial charge in [0.25, 0.3) is 0 Å². The van der Waals surface area contributed by atoms with Gasteiger partial charge in [0.15, 0.2) is 0 Å². The number of nitrogen functional groups attached to an aromatic ring is 1. The maximum atomic E-state index is 9.59. The van der Waals surface area contributed by atoms with Gasteiger partial charge in [-0.05, 0) is 50.3 Å². The zero-order valence-corrected chi connectivity index (χ0v) is 11.8. The first-order valence-electron chi connectivity index (χ1n) is 7.20. The van der Waals surface area contributed by atoms with Gasteiger partial charge < -0.3 is 16.2 Å². The number of aliphatic hydroxyl groups is 1. The summed E-state index contributed by atoms with van der Waals surface area (Å²) in [7, 11) is 0. The van der Waals surface area contributed by atoms with Crippen molar-refractivity contribution in [3.63, 3.8) is 0 Å². The second kappa shape index (κ2) is 5.29. The van der Waals surface area contributed by atoms with Crippen LogP contribution in [0.2, 0.25) is 0 Å². The van der Waals surface area contributed by atoms with Crippen molar-refractivity contribution >= 4 is 22.1 Å². The van der Waals surface area contributed by atoms with Gasteiger partial charge in [0, 0.05) is 40.6 Å². The number of hydrogen-bond acceptors (Lipinski definition) is 4. The molecule has 0 spiro atoms. The number of aryl methyl sites for hydroxylation is 1. The van der Waals surface area contributed by atoms with Crippen molar-refractivity contribution < 1.29 is 5.11 Å². The fourth-order valence-corrected chi connectivity index (χ4v) is 3.01. The van der Waals surface area contributed by atoms with Crippen LogP contribution in [0.3, 0.4) is 0 Å². The van der Waals surface area contributed by atoms with E-state index in [0.29, 0.717) is 5.92 Å². The van der Waals surface area contributed by atoms with E-state index < -0.39 is 0 Å². The monoisotopic (exact) mass is 271 g/mol. The van der Waals surface area contributed by atoms with Gasteiger partial charge in [-0.1, -0.05) is 0 Å². The molecule has 2 unspecified atom stereocenters. The fraction of sp³-hybridized carbons (Fsp3) is 0.438. The molecule has 0 saturated heterocycles. The first-order chi connectivity index (χ1) is 9.63. The molecular formula is C16H21N3O. The van der Waals surface area contributed by atoms with Gasteiger partial charge >= 0.3 is 0 Å². The van der Waals surface area contributed by atoms with E-state index in [-0.39, 0.29) is 6.10 Å². The molecule has 3 rings (SSSR count). The molecule has 0 radical (unpaired) electrons. The lowest BCUT2D eigenvalue weighted by Crippen LogP contribution is -2.13. The van der Waals surface area contributed by atoms with E-state index in [9.17, 15) is 5.11 Å². The van der Waals surface area contributed by atoms with Crippen molar-refractivity contribution in [2.24, 2.45) is 5.92 Å². The molecule has 1 aromatic heterocycles. The number of nitrogens with two attached hydrogens (primary N) is 1. The highest BCUT2D eigenvalue weighted by Crippen LogP contribution is 2.30. The van der Waals surface area contributed by atoms with Crippen LogP contribution in [0.25, 0.3) is 10.8 Å². The summed E-state index contributed by atoms with van der Waals surface area (Å²) in [5, 5.41) is 15.2. The third-order valence-corrected chi connectivity index (χ3v) is 4.17.